The number of carbonyl (C=O) groups excluding carboxylic acids is 1. The van der Waals surface area contributed by atoms with Gasteiger partial charge in [0.15, 0.2) is 0 Å². The molecule has 0 unspecified atom stereocenters. The van der Waals surface area contributed by atoms with Crippen LogP contribution in [0.1, 0.15) is 32.1 Å². The molecule has 1 saturated heterocycles. The van der Waals surface area contributed by atoms with E-state index in [1.54, 1.807) is 0 Å². The summed E-state index contributed by atoms with van der Waals surface area (Å²) in [5.74, 6) is 3.35. The molecule has 2 aliphatic heterocycles. The lowest BCUT2D eigenvalue weighted by atomic mass is 9.98. The predicted molar refractivity (Wildman–Crippen MR) is 77.9 cm³/mol. The van der Waals surface area contributed by atoms with E-state index in [9.17, 15) is 4.79 Å². The number of hydrogen-bond acceptors (Lipinski definition) is 3. The van der Waals surface area contributed by atoms with Crippen LogP contribution in [0.15, 0.2) is 11.6 Å². The minimum atomic E-state index is 0.251. The highest BCUT2D eigenvalue weighted by Crippen LogP contribution is 2.25. The van der Waals surface area contributed by atoms with Crippen LogP contribution in [0.5, 0.6) is 0 Å². The minimum Gasteiger partial charge on any atom is -0.356 e. The summed E-state index contributed by atoms with van der Waals surface area (Å²) in [6.07, 6.45) is 7.59. The molecule has 0 aromatic carbocycles. The molecule has 0 aliphatic carbocycles. The number of thioether (sulfide) groups is 1. The number of amides is 1. The van der Waals surface area contributed by atoms with E-state index in [-0.39, 0.29) is 5.91 Å². The topological polar surface area (TPSA) is 41.1 Å². The van der Waals surface area contributed by atoms with Gasteiger partial charge in [-0.1, -0.05) is 11.6 Å². The number of carbonyl (C=O) groups is 1. The molecule has 2 N–H and O–H groups in total. The zero-order valence-electron chi connectivity index (χ0n) is 11.0. The fraction of sp³-hybridized carbons (Fsp3) is 0.786. The molecule has 0 bridgehead atoms. The molecule has 0 atom stereocenters. The fourth-order valence-corrected chi connectivity index (χ4v) is 3.75. The Morgan fingerprint density at radius 2 is 2.28 bits per heavy atom. The average molecular weight is 268 g/mol. The van der Waals surface area contributed by atoms with Gasteiger partial charge in [0.25, 0.3) is 0 Å². The largest absolute Gasteiger partial charge is 0.356 e. The molecule has 1 fully saturated rings. The number of nitrogens with one attached hydrogen (secondary N) is 2. The molecule has 4 heteroatoms. The van der Waals surface area contributed by atoms with Crippen molar-refractivity contribution in [3.05, 3.63) is 11.6 Å². The summed E-state index contributed by atoms with van der Waals surface area (Å²) < 4.78 is 0. The van der Waals surface area contributed by atoms with Gasteiger partial charge in [-0.15, -0.1) is 0 Å². The predicted octanol–water partition coefficient (Wildman–Crippen LogP) is 1.95. The lowest BCUT2D eigenvalue weighted by molar-refractivity contribution is -0.122. The molecule has 3 nitrogen and oxygen atoms in total. The van der Waals surface area contributed by atoms with E-state index in [1.807, 2.05) is 11.8 Å². The van der Waals surface area contributed by atoms with Crippen molar-refractivity contribution < 1.29 is 4.79 Å². The Balaban J connectivity index is 1.57. The summed E-state index contributed by atoms with van der Waals surface area (Å²) in [4.78, 5) is 11.8. The van der Waals surface area contributed by atoms with E-state index in [1.165, 1.54) is 29.9 Å². The third-order valence-electron chi connectivity index (χ3n) is 3.74. The highest BCUT2D eigenvalue weighted by Gasteiger charge is 2.16. The van der Waals surface area contributed by atoms with E-state index in [0.717, 1.165) is 38.9 Å². The Bertz CT molecular complexity index is 298. The maximum Gasteiger partial charge on any atom is 0.220 e. The Morgan fingerprint density at radius 1 is 1.44 bits per heavy atom. The smallest absolute Gasteiger partial charge is 0.220 e. The Morgan fingerprint density at radius 3 is 3.00 bits per heavy atom. The van der Waals surface area contributed by atoms with E-state index >= 15 is 0 Å². The van der Waals surface area contributed by atoms with E-state index < -0.39 is 0 Å². The van der Waals surface area contributed by atoms with E-state index in [4.69, 9.17) is 0 Å². The zero-order valence-corrected chi connectivity index (χ0v) is 11.9. The minimum absolute atomic E-state index is 0.251. The highest BCUT2D eigenvalue weighted by molar-refractivity contribution is 7.99. The fourth-order valence-electron chi connectivity index (χ4n) is 2.54. The van der Waals surface area contributed by atoms with Crippen molar-refractivity contribution >= 4 is 17.7 Å². The van der Waals surface area contributed by atoms with Gasteiger partial charge in [0.05, 0.1) is 0 Å². The lowest BCUT2D eigenvalue weighted by Gasteiger charge is -2.20. The molecule has 2 aliphatic rings. The van der Waals surface area contributed by atoms with Crippen LogP contribution in [-0.2, 0) is 4.79 Å². The van der Waals surface area contributed by atoms with Crippen LogP contribution in [0.25, 0.3) is 0 Å². The molecule has 2 rings (SSSR count). The molecular formula is C14H24N2OS. The Kier molecular flexibility index (Phi) is 6.08. The first-order chi connectivity index (χ1) is 8.84. The van der Waals surface area contributed by atoms with Crippen molar-refractivity contribution in [2.75, 3.05) is 31.1 Å². The molecule has 0 aromatic rings. The summed E-state index contributed by atoms with van der Waals surface area (Å²) in [6, 6.07) is 0. The van der Waals surface area contributed by atoms with Crippen LogP contribution in [-0.4, -0.2) is 37.0 Å². The summed E-state index contributed by atoms with van der Waals surface area (Å²) in [7, 11) is 0. The average Bonchev–Trinajstić information content (AvgIpc) is 2.41. The third kappa shape index (κ3) is 5.02. The number of rotatable bonds is 5. The van der Waals surface area contributed by atoms with Crippen molar-refractivity contribution in [1.29, 1.82) is 0 Å². The first kappa shape index (κ1) is 13.9. The maximum absolute atomic E-state index is 11.8. The second-order valence-corrected chi connectivity index (χ2v) is 6.40. The Labute approximate surface area is 114 Å². The second kappa shape index (κ2) is 7.85. The van der Waals surface area contributed by atoms with Crippen LogP contribution in [0.2, 0.25) is 0 Å². The van der Waals surface area contributed by atoms with Gasteiger partial charge in [-0.3, -0.25) is 4.79 Å². The van der Waals surface area contributed by atoms with Gasteiger partial charge >= 0.3 is 0 Å². The van der Waals surface area contributed by atoms with Crippen LogP contribution < -0.4 is 10.6 Å². The summed E-state index contributed by atoms with van der Waals surface area (Å²) in [6.45, 7) is 2.88. The molecule has 0 saturated carbocycles. The molecule has 1 amide bonds. The normalized spacial score (nSPS) is 21.4. The maximum atomic E-state index is 11.8. The van der Waals surface area contributed by atoms with Gasteiger partial charge in [-0.2, -0.15) is 11.8 Å². The van der Waals surface area contributed by atoms with Gasteiger partial charge in [0.1, 0.15) is 0 Å². The first-order valence-electron chi connectivity index (χ1n) is 7.07. The van der Waals surface area contributed by atoms with Crippen molar-refractivity contribution in [3.63, 3.8) is 0 Å². The van der Waals surface area contributed by atoms with Crippen LogP contribution in [0, 0.1) is 5.92 Å². The van der Waals surface area contributed by atoms with Gasteiger partial charge in [-0.25, -0.2) is 0 Å². The lowest BCUT2D eigenvalue weighted by Crippen LogP contribution is -2.28. The molecule has 0 radical (unpaired) electrons. The molecular weight excluding hydrogens is 244 g/mol. The van der Waals surface area contributed by atoms with Crippen LogP contribution in [0.3, 0.4) is 0 Å². The highest BCUT2D eigenvalue weighted by atomic mass is 32.2. The van der Waals surface area contributed by atoms with Gasteiger partial charge in [0.2, 0.25) is 5.91 Å². The third-order valence-corrected chi connectivity index (χ3v) is 4.79. The number of hydrogen-bond donors (Lipinski definition) is 2. The SMILES string of the molecule is O=C(CC1CCSCC1)NCCC1=CCNCC1. The van der Waals surface area contributed by atoms with Gasteiger partial charge < -0.3 is 10.6 Å². The van der Waals surface area contributed by atoms with Crippen molar-refractivity contribution in [3.8, 4) is 0 Å². The Hall–Kier alpha value is -0.480. The summed E-state index contributed by atoms with van der Waals surface area (Å²) >= 11 is 2.02. The van der Waals surface area contributed by atoms with Crippen molar-refractivity contribution in [2.45, 2.75) is 32.1 Å². The first-order valence-corrected chi connectivity index (χ1v) is 8.23. The van der Waals surface area contributed by atoms with Gasteiger partial charge in [0, 0.05) is 19.5 Å². The van der Waals surface area contributed by atoms with Crippen molar-refractivity contribution in [2.24, 2.45) is 5.92 Å². The summed E-state index contributed by atoms with van der Waals surface area (Å²) in [5.41, 5.74) is 1.49. The van der Waals surface area contributed by atoms with Crippen LogP contribution in [0.4, 0.5) is 0 Å². The van der Waals surface area contributed by atoms with E-state index in [2.05, 4.69) is 16.7 Å². The van der Waals surface area contributed by atoms with Crippen molar-refractivity contribution in [1.82, 2.24) is 10.6 Å². The molecule has 2 heterocycles. The monoisotopic (exact) mass is 268 g/mol. The molecule has 102 valence electrons. The van der Waals surface area contributed by atoms with Crippen LogP contribution >= 0.6 is 11.8 Å². The zero-order chi connectivity index (χ0) is 12.6. The molecule has 0 aromatic heterocycles. The standard InChI is InChI=1S/C14H24N2OS/c17-14(11-13-4-9-18-10-5-13)16-8-3-12-1-6-15-7-2-12/h1,13,15H,2-11H2,(H,16,17). The quantitative estimate of drug-likeness (QED) is 0.749. The summed E-state index contributed by atoms with van der Waals surface area (Å²) in [5, 5.41) is 6.37. The molecule has 0 spiro atoms. The van der Waals surface area contributed by atoms with E-state index in [0.29, 0.717) is 5.92 Å². The molecule has 18 heavy (non-hydrogen) atoms. The van der Waals surface area contributed by atoms with Gasteiger partial charge in [-0.05, 0) is 49.7 Å². The second-order valence-electron chi connectivity index (χ2n) is 5.18.